The Balaban J connectivity index is 1.51. The van der Waals surface area contributed by atoms with Gasteiger partial charge in [-0.25, -0.2) is 0 Å². The van der Waals surface area contributed by atoms with Crippen LogP contribution in [0.3, 0.4) is 0 Å². The van der Waals surface area contributed by atoms with Gasteiger partial charge in [0.05, 0.1) is 26.4 Å². The van der Waals surface area contributed by atoms with Gasteiger partial charge in [0.2, 0.25) is 0 Å². The van der Waals surface area contributed by atoms with Crippen LogP contribution in [0.1, 0.15) is 0 Å². The fraction of sp³-hybridized carbons (Fsp3) is 0.250. The lowest BCUT2D eigenvalue weighted by molar-refractivity contribution is 0.365. The fourth-order valence-corrected chi connectivity index (χ4v) is 2.77. The van der Waals surface area contributed by atoms with Crippen molar-refractivity contribution >= 4 is 25.2 Å². The normalized spacial score (nSPS) is 18.2. The van der Waals surface area contributed by atoms with Gasteiger partial charge in [0.1, 0.15) is 0 Å². The lowest BCUT2D eigenvalue weighted by atomic mass is 9.78. The molecule has 0 unspecified atom stereocenters. The second-order valence-electron chi connectivity index (χ2n) is 5.39. The van der Waals surface area contributed by atoms with E-state index in [1.807, 2.05) is 0 Å². The fourth-order valence-electron chi connectivity index (χ4n) is 2.77. The molecule has 4 rings (SSSR count). The van der Waals surface area contributed by atoms with Gasteiger partial charge in [-0.15, -0.1) is 0 Å². The molecule has 0 N–H and O–H groups in total. The zero-order chi connectivity index (χ0) is 14.8. The van der Waals surface area contributed by atoms with Crippen LogP contribution in [-0.4, -0.2) is 40.7 Å². The summed E-state index contributed by atoms with van der Waals surface area (Å²) in [5.41, 5.74) is 4.46. The van der Waals surface area contributed by atoms with Gasteiger partial charge in [0, 0.05) is 0 Å². The quantitative estimate of drug-likeness (QED) is 0.786. The molecule has 0 spiro atoms. The van der Waals surface area contributed by atoms with Gasteiger partial charge in [-0.2, -0.15) is 0 Å². The topological polar surface area (TPSA) is 36.9 Å². The van der Waals surface area contributed by atoms with Gasteiger partial charge in [0.25, 0.3) is 0 Å². The van der Waals surface area contributed by atoms with Crippen molar-refractivity contribution < 1.29 is 18.6 Å². The van der Waals surface area contributed by atoms with Crippen LogP contribution in [0.15, 0.2) is 48.5 Å². The molecule has 0 radical (unpaired) electrons. The average Bonchev–Trinajstić information content (AvgIpc) is 3.29. The zero-order valence-corrected chi connectivity index (χ0v) is 12.2. The van der Waals surface area contributed by atoms with E-state index >= 15 is 0 Å². The molecule has 22 heavy (non-hydrogen) atoms. The number of hydrogen-bond donors (Lipinski definition) is 0. The van der Waals surface area contributed by atoms with Gasteiger partial charge in [-0.05, 0) is 22.1 Å². The van der Waals surface area contributed by atoms with Crippen molar-refractivity contribution in [1.82, 2.24) is 0 Å². The Labute approximate surface area is 130 Å². The maximum absolute atomic E-state index is 5.51. The third-order valence-electron chi connectivity index (χ3n) is 3.94. The SMILES string of the molecule is c1cc(-c2ccc(B3OCCO3)cc2)ccc1B1OCCO1. The monoisotopic (exact) mass is 294 g/mol. The summed E-state index contributed by atoms with van der Waals surface area (Å²) in [6, 6.07) is 16.6. The highest BCUT2D eigenvalue weighted by molar-refractivity contribution is 6.62. The van der Waals surface area contributed by atoms with Crippen molar-refractivity contribution in [2.45, 2.75) is 0 Å². The predicted molar refractivity (Wildman–Crippen MR) is 86.5 cm³/mol. The zero-order valence-electron chi connectivity index (χ0n) is 12.2. The molecule has 2 aliphatic rings. The van der Waals surface area contributed by atoms with Crippen molar-refractivity contribution in [3.63, 3.8) is 0 Å². The summed E-state index contributed by atoms with van der Waals surface area (Å²) < 4.78 is 22.0. The van der Waals surface area contributed by atoms with Crippen molar-refractivity contribution in [2.75, 3.05) is 26.4 Å². The van der Waals surface area contributed by atoms with E-state index in [9.17, 15) is 0 Å². The summed E-state index contributed by atoms with van der Waals surface area (Å²) in [4.78, 5) is 0. The minimum atomic E-state index is -0.215. The molecule has 0 bridgehead atoms. The van der Waals surface area contributed by atoms with Crippen molar-refractivity contribution in [3.05, 3.63) is 48.5 Å². The van der Waals surface area contributed by atoms with Crippen LogP contribution in [0.4, 0.5) is 0 Å². The maximum atomic E-state index is 5.51. The summed E-state index contributed by atoms with van der Waals surface area (Å²) >= 11 is 0. The van der Waals surface area contributed by atoms with E-state index in [0.717, 1.165) is 10.9 Å². The predicted octanol–water partition coefficient (Wildman–Crippen LogP) is 0.838. The van der Waals surface area contributed by atoms with Crippen LogP contribution >= 0.6 is 0 Å². The van der Waals surface area contributed by atoms with E-state index in [-0.39, 0.29) is 14.2 Å². The molecule has 0 aromatic heterocycles. The Morgan fingerprint density at radius 2 is 0.818 bits per heavy atom. The van der Waals surface area contributed by atoms with Crippen LogP contribution in [0.2, 0.25) is 0 Å². The first-order valence-corrected chi connectivity index (χ1v) is 7.57. The molecule has 110 valence electrons. The highest BCUT2D eigenvalue weighted by Crippen LogP contribution is 2.18. The number of hydrogen-bond acceptors (Lipinski definition) is 4. The van der Waals surface area contributed by atoms with Gasteiger partial charge in [-0.1, -0.05) is 48.5 Å². The molecule has 4 nitrogen and oxygen atoms in total. The third-order valence-corrected chi connectivity index (χ3v) is 3.94. The number of benzene rings is 2. The minimum absolute atomic E-state index is 0.215. The van der Waals surface area contributed by atoms with E-state index in [4.69, 9.17) is 18.6 Å². The molecule has 2 aromatic rings. The van der Waals surface area contributed by atoms with Crippen molar-refractivity contribution in [2.24, 2.45) is 0 Å². The van der Waals surface area contributed by atoms with Crippen LogP contribution in [-0.2, 0) is 18.6 Å². The van der Waals surface area contributed by atoms with Crippen LogP contribution in [0.5, 0.6) is 0 Å². The Bertz CT molecular complexity index is 560. The number of rotatable bonds is 3. The third kappa shape index (κ3) is 2.83. The van der Waals surface area contributed by atoms with E-state index in [2.05, 4.69) is 48.5 Å². The van der Waals surface area contributed by atoms with Gasteiger partial charge < -0.3 is 18.6 Å². The molecule has 2 aliphatic heterocycles. The molecule has 2 saturated heterocycles. The molecule has 0 amide bonds. The van der Waals surface area contributed by atoms with Crippen molar-refractivity contribution in [1.29, 1.82) is 0 Å². The summed E-state index contributed by atoms with van der Waals surface area (Å²) in [5, 5.41) is 0. The van der Waals surface area contributed by atoms with Crippen LogP contribution < -0.4 is 10.9 Å². The molecular weight excluding hydrogens is 278 g/mol. The smallest absolute Gasteiger partial charge is 0.405 e. The first-order chi connectivity index (χ1) is 10.9. The Morgan fingerprint density at radius 1 is 0.500 bits per heavy atom. The molecule has 0 atom stereocenters. The highest BCUT2D eigenvalue weighted by atomic mass is 16.6. The van der Waals surface area contributed by atoms with Gasteiger partial charge >= 0.3 is 14.2 Å². The van der Waals surface area contributed by atoms with E-state index in [1.54, 1.807) is 0 Å². The van der Waals surface area contributed by atoms with E-state index in [0.29, 0.717) is 26.4 Å². The van der Waals surface area contributed by atoms with E-state index in [1.165, 1.54) is 11.1 Å². The molecule has 2 fully saturated rings. The molecule has 6 heteroatoms. The molecule has 2 heterocycles. The minimum Gasteiger partial charge on any atom is -0.405 e. The molecule has 0 aliphatic carbocycles. The van der Waals surface area contributed by atoms with Gasteiger partial charge in [0.15, 0.2) is 0 Å². The van der Waals surface area contributed by atoms with E-state index < -0.39 is 0 Å². The average molecular weight is 294 g/mol. The maximum Gasteiger partial charge on any atom is 0.494 e. The Kier molecular flexibility index (Phi) is 3.99. The summed E-state index contributed by atoms with van der Waals surface area (Å²) in [6.07, 6.45) is 0. The lowest BCUT2D eigenvalue weighted by Gasteiger charge is -2.08. The highest BCUT2D eigenvalue weighted by Gasteiger charge is 2.26. The van der Waals surface area contributed by atoms with Crippen molar-refractivity contribution in [3.8, 4) is 11.1 Å². The first kappa shape index (κ1) is 14.0. The second kappa shape index (κ2) is 6.26. The molecular formula is C16H16B2O4. The standard InChI is InChI=1S/C16H16B2O4/c1-5-15(17-19-9-10-20-17)6-2-13(1)14-3-7-16(8-4-14)18-21-11-12-22-18/h1-8H,9-12H2. The summed E-state index contributed by atoms with van der Waals surface area (Å²) in [6.45, 7) is 2.66. The Hall–Kier alpha value is -1.59. The van der Waals surface area contributed by atoms with Crippen LogP contribution in [0.25, 0.3) is 11.1 Å². The second-order valence-corrected chi connectivity index (χ2v) is 5.39. The summed E-state index contributed by atoms with van der Waals surface area (Å²) in [5.74, 6) is 0. The van der Waals surface area contributed by atoms with Gasteiger partial charge in [-0.3, -0.25) is 0 Å². The lowest BCUT2D eigenvalue weighted by Crippen LogP contribution is -2.31. The summed E-state index contributed by atoms with van der Waals surface area (Å²) in [7, 11) is -0.429. The molecule has 0 saturated carbocycles. The largest absolute Gasteiger partial charge is 0.494 e. The van der Waals surface area contributed by atoms with Crippen LogP contribution in [0, 0.1) is 0 Å². The molecule has 2 aromatic carbocycles. The Morgan fingerprint density at radius 3 is 1.14 bits per heavy atom. The first-order valence-electron chi connectivity index (χ1n) is 7.57.